The number of hydrogen-bond donors (Lipinski definition) is 0. The molecule has 6 nitrogen and oxygen atoms in total. The first-order valence-corrected chi connectivity index (χ1v) is 7.15. The van der Waals surface area contributed by atoms with Crippen molar-refractivity contribution in [1.29, 1.82) is 0 Å². The van der Waals surface area contributed by atoms with Crippen LogP contribution in [0.2, 0.25) is 0 Å². The van der Waals surface area contributed by atoms with Gasteiger partial charge in [-0.05, 0) is 33.8 Å². The second-order valence-electron chi connectivity index (χ2n) is 5.48. The summed E-state index contributed by atoms with van der Waals surface area (Å²) in [6.07, 6.45) is 3.70. The van der Waals surface area contributed by atoms with E-state index >= 15 is 0 Å². The summed E-state index contributed by atoms with van der Waals surface area (Å²) >= 11 is 0. The summed E-state index contributed by atoms with van der Waals surface area (Å²) < 4.78 is 3.83. The maximum absolute atomic E-state index is 12.5. The average Bonchev–Trinajstić information content (AvgIpc) is 2.99. The van der Waals surface area contributed by atoms with Crippen molar-refractivity contribution < 1.29 is 4.79 Å². The lowest BCUT2D eigenvalue weighted by atomic mass is 10.3. The van der Waals surface area contributed by atoms with Crippen molar-refractivity contribution in [2.45, 2.75) is 40.3 Å². The molecule has 0 aliphatic carbocycles. The molecular formula is C15H23N5O. The Morgan fingerprint density at radius 3 is 2.62 bits per heavy atom. The first-order chi connectivity index (χ1) is 9.90. The quantitative estimate of drug-likeness (QED) is 0.842. The summed E-state index contributed by atoms with van der Waals surface area (Å²) in [6, 6.07) is 1.70. The van der Waals surface area contributed by atoms with Gasteiger partial charge in [-0.25, -0.2) is 4.98 Å². The van der Waals surface area contributed by atoms with Gasteiger partial charge in [0, 0.05) is 38.2 Å². The van der Waals surface area contributed by atoms with Crippen LogP contribution in [0.5, 0.6) is 0 Å². The zero-order valence-electron chi connectivity index (χ0n) is 13.4. The number of nitrogens with zero attached hydrogens (tertiary/aromatic N) is 5. The molecule has 1 amide bonds. The summed E-state index contributed by atoms with van der Waals surface area (Å²) in [5.41, 5.74) is 1.94. The van der Waals surface area contributed by atoms with Crippen molar-refractivity contribution >= 4 is 5.91 Å². The molecule has 1 atom stereocenters. The highest BCUT2D eigenvalue weighted by Crippen LogP contribution is 2.13. The van der Waals surface area contributed by atoms with Crippen LogP contribution >= 0.6 is 0 Å². The van der Waals surface area contributed by atoms with Gasteiger partial charge in [-0.3, -0.25) is 9.48 Å². The normalized spacial score (nSPS) is 12.4. The molecular weight excluding hydrogens is 266 g/mol. The van der Waals surface area contributed by atoms with E-state index in [2.05, 4.69) is 10.1 Å². The molecule has 2 aromatic rings. The molecule has 2 aromatic heterocycles. The van der Waals surface area contributed by atoms with Crippen LogP contribution in [0.3, 0.4) is 0 Å². The van der Waals surface area contributed by atoms with E-state index in [0.29, 0.717) is 6.54 Å². The number of amides is 1. The maximum atomic E-state index is 12.5. The molecule has 0 saturated carbocycles. The van der Waals surface area contributed by atoms with E-state index in [1.165, 1.54) is 0 Å². The number of rotatable bonds is 5. The van der Waals surface area contributed by atoms with Crippen LogP contribution < -0.4 is 0 Å². The SMILES string of the molecule is Cc1cc(C)n([C@H](C)C(=O)N(C)CCn2ccnc2C)n1. The third kappa shape index (κ3) is 3.32. The highest BCUT2D eigenvalue weighted by Gasteiger charge is 2.21. The Bertz CT molecular complexity index is 628. The van der Waals surface area contributed by atoms with Gasteiger partial charge in [0.1, 0.15) is 11.9 Å². The van der Waals surface area contributed by atoms with E-state index in [4.69, 9.17) is 0 Å². The largest absolute Gasteiger partial charge is 0.342 e. The van der Waals surface area contributed by atoms with Gasteiger partial charge in [0.2, 0.25) is 5.91 Å². The third-order valence-corrected chi connectivity index (χ3v) is 3.75. The van der Waals surface area contributed by atoms with E-state index in [9.17, 15) is 4.79 Å². The molecule has 0 saturated heterocycles. The summed E-state index contributed by atoms with van der Waals surface area (Å²) in [4.78, 5) is 18.4. The fraction of sp³-hybridized carbons (Fsp3) is 0.533. The van der Waals surface area contributed by atoms with E-state index in [1.54, 1.807) is 15.8 Å². The number of hydrogen-bond acceptors (Lipinski definition) is 3. The predicted molar refractivity (Wildman–Crippen MR) is 81.0 cm³/mol. The van der Waals surface area contributed by atoms with Gasteiger partial charge < -0.3 is 9.47 Å². The minimum absolute atomic E-state index is 0.0685. The predicted octanol–water partition coefficient (Wildman–Crippen LogP) is 1.72. The molecule has 0 spiro atoms. The minimum atomic E-state index is -0.285. The molecule has 0 aliphatic heterocycles. The zero-order chi connectivity index (χ0) is 15.6. The molecule has 21 heavy (non-hydrogen) atoms. The van der Waals surface area contributed by atoms with Crippen LogP contribution in [-0.4, -0.2) is 43.7 Å². The molecule has 2 rings (SSSR count). The summed E-state index contributed by atoms with van der Waals surface area (Å²) in [6.45, 7) is 9.16. The Morgan fingerprint density at radius 1 is 1.38 bits per heavy atom. The van der Waals surface area contributed by atoms with Crippen molar-refractivity contribution in [1.82, 2.24) is 24.2 Å². The third-order valence-electron chi connectivity index (χ3n) is 3.75. The van der Waals surface area contributed by atoms with Crippen molar-refractivity contribution in [2.24, 2.45) is 0 Å². The first-order valence-electron chi connectivity index (χ1n) is 7.15. The fourth-order valence-electron chi connectivity index (χ4n) is 2.47. The van der Waals surface area contributed by atoms with Crippen molar-refractivity contribution in [3.8, 4) is 0 Å². The van der Waals surface area contributed by atoms with Gasteiger partial charge in [0.05, 0.1) is 5.69 Å². The summed E-state index contributed by atoms with van der Waals surface area (Å²) in [7, 11) is 1.83. The van der Waals surface area contributed by atoms with Gasteiger partial charge in [-0.1, -0.05) is 0 Å². The average molecular weight is 289 g/mol. The highest BCUT2D eigenvalue weighted by molar-refractivity contribution is 5.79. The lowest BCUT2D eigenvalue weighted by Gasteiger charge is -2.22. The van der Waals surface area contributed by atoms with Gasteiger partial charge in [0.25, 0.3) is 0 Å². The number of likely N-dealkylation sites (N-methyl/N-ethyl adjacent to an activating group) is 1. The van der Waals surface area contributed by atoms with Crippen LogP contribution in [0.15, 0.2) is 18.5 Å². The van der Waals surface area contributed by atoms with E-state index in [-0.39, 0.29) is 11.9 Å². The number of imidazole rings is 1. The maximum Gasteiger partial charge on any atom is 0.246 e. The summed E-state index contributed by atoms with van der Waals surface area (Å²) in [5.74, 6) is 1.03. The van der Waals surface area contributed by atoms with Crippen molar-refractivity contribution in [3.05, 3.63) is 35.7 Å². The molecule has 0 bridgehead atoms. The van der Waals surface area contributed by atoms with Crippen LogP contribution in [0, 0.1) is 20.8 Å². The molecule has 6 heteroatoms. The highest BCUT2D eigenvalue weighted by atomic mass is 16.2. The van der Waals surface area contributed by atoms with Crippen LogP contribution in [0.25, 0.3) is 0 Å². The second-order valence-corrected chi connectivity index (χ2v) is 5.48. The van der Waals surface area contributed by atoms with E-state index < -0.39 is 0 Å². The molecule has 114 valence electrons. The van der Waals surface area contributed by atoms with E-state index in [1.807, 2.05) is 51.6 Å². The minimum Gasteiger partial charge on any atom is -0.342 e. The first kappa shape index (κ1) is 15.3. The van der Waals surface area contributed by atoms with Crippen LogP contribution in [0.4, 0.5) is 0 Å². The summed E-state index contributed by atoms with van der Waals surface area (Å²) in [5, 5.41) is 4.39. The Labute approximate surface area is 125 Å². The zero-order valence-corrected chi connectivity index (χ0v) is 13.4. The Morgan fingerprint density at radius 2 is 2.10 bits per heavy atom. The molecule has 0 N–H and O–H groups in total. The lowest BCUT2D eigenvalue weighted by Crippen LogP contribution is -2.36. The number of carbonyl (C=O) groups is 1. The van der Waals surface area contributed by atoms with Gasteiger partial charge in [0.15, 0.2) is 0 Å². The molecule has 0 unspecified atom stereocenters. The topological polar surface area (TPSA) is 56.0 Å². The van der Waals surface area contributed by atoms with E-state index in [0.717, 1.165) is 23.8 Å². The lowest BCUT2D eigenvalue weighted by molar-refractivity contribution is -0.133. The Balaban J connectivity index is 1.99. The molecule has 0 radical (unpaired) electrons. The Kier molecular flexibility index (Phi) is 4.45. The van der Waals surface area contributed by atoms with Crippen molar-refractivity contribution in [3.63, 3.8) is 0 Å². The van der Waals surface area contributed by atoms with Gasteiger partial charge in [-0.15, -0.1) is 0 Å². The molecule has 2 heterocycles. The van der Waals surface area contributed by atoms with Crippen molar-refractivity contribution in [2.75, 3.05) is 13.6 Å². The smallest absolute Gasteiger partial charge is 0.246 e. The Hall–Kier alpha value is -2.11. The van der Waals surface area contributed by atoms with Crippen LogP contribution in [0.1, 0.15) is 30.2 Å². The molecule has 0 fully saturated rings. The monoisotopic (exact) mass is 289 g/mol. The number of aryl methyl sites for hydroxylation is 3. The second kappa shape index (κ2) is 6.11. The van der Waals surface area contributed by atoms with Gasteiger partial charge in [-0.2, -0.15) is 5.10 Å². The number of aromatic nitrogens is 4. The standard InChI is InChI=1S/C15H23N5O/c1-11-10-12(2)20(17-11)13(3)15(21)18(5)8-9-19-7-6-16-14(19)4/h6-7,10,13H,8-9H2,1-5H3/t13-/m1/s1. The fourth-order valence-corrected chi connectivity index (χ4v) is 2.47. The molecule has 0 aliphatic rings. The molecule has 0 aromatic carbocycles. The number of carbonyl (C=O) groups excluding carboxylic acids is 1. The van der Waals surface area contributed by atoms with Gasteiger partial charge >= 0.3 is 0 Å². The van der Waals surface area contributed by atoms with Crippen LogP contribution in [-0.2, 0) is 11.3 Å².